The van der Waals surface area contributed by atoms with Gasteiger partial charge in [0.25, 0.3) is 0 Å². The molecule has 0 bridgehead atoms. The molecule has 20 heavy (non-hydrogen) atoms. The van der Waals surface area contributed by atoms with Crippen molar-refractivity contribution in [2.75, 3.05) is 13.7 Å². The van der Waals surface area contributed by atoms with E-state index in [1.54, 1.807) is 7.05 Å². The van der Waals surface area contributed by atoms with E-state index < -0.39 is 36.9 Å². The summed E-state index contributed by atoms with van der Waals surface area (Å²) in [7, 11) is 1.66. The summed E-state index contributed by atoms with van der Waals surface area (Å²) in [5.41, 5.74) is 0.878. The van der Waals surface area contributed by atoms with E-state index in [1.807, 2.05) is 30.3 Å². The van der Waals surface area contributed by atoms with Gasteiger partial charge in [-0.3, -0.25) is 5.32 Å². The highest BCUT2D eigenvalue weighted by Crippen LogP contribution is 2.33. The van der Waals surface area contributed by atoms with Gasteiger partial charge in [0.05, 0.1) is 6.61 Å². The van der Waals surface area contributed by atoms with Gasteiger partial charge in [-0.05, 0) is 7.05 Å². The van der Waals surface area contributed by atoms with E-state index in [4.69, 9.17) is 14.2 Å². The highest BCUT2D eigenvalue weighted by Gasteiger charge is 2.48. The quantitative estimate of drug-likeness (QED) is 0.695. The Balaban J connectivity index is 1.74. The first-order chi connectivity index (χ1) is 9.70. The van der Waals surface area contributed by atoms with E-state index >= 15 is 0 Å². The van der Waals surface area contributed by atoms with Crippen molar-refractivity contribution in [1.82, 2.24) is 5.32 Å². The Morgan fingerprint density at radius 3 is 2.55 bits per heavy atom. The van der Waals surface area contributed by atoms with E-state index in [2.05, 4.69) is 5.32 Å². The standard InChI is InChI=1S/C14H19NO5/c1-15-13-11(17)10(16)12-9(19-13)7-18-14(20-12)8-5-3-2-4-6-8/h2-6,9-17H,7H2,1H3/t9-,10-,11-,12-,13+,14?/m1/s1. The van der Waals surface area contributed by atoms with Gasteiger partial charge < -0.3 is 24.4 Å². The van der Waals surface area contributed by atoms with Crippen molar-refractivity contribution in [2.24, 2.45) is 0 Å². The third-order valence-electron chi connectivity index (χ3n) is 3.73. The van der Waals surface area contributed by atoms with Crippen LogP contribution in [0.5, 0.6) is 0 Å². The molecule has 1 unspecified atom stereocenters. The monoisotopic (exact) mass is 281 g/mol. The smallest absolute Gasteiger partial charge is 0.184 e. The lowest BCUT2D eigenvalue weighted by Gasteiger charge is -2.46. The third kappa shape index (κ3) is 2.46. The van der Waals surface area contributed by atoms with Crippen LogP contribution in [-0.2, 0) is 14.2 Å². The SMILES string of the molecule is CN[C@H]1O[C@@H]2COC(c3ccccc3)O[C@H]2[C@H](O)[C@H]1O. The lowest BCUT2D eigenvalue weighted by atomic mass is 9.97. The lowest BCUT2D eigenvalue weighted by molar-refractivity contribution is -0.330. The zero-order valence-electron chi connectivity index (χ0n) is 11.2. The van der Waals surface area contributed by atoms with Gasteiger partial charge in [-0.1, -0.05) is 30.3 Å². The zero-order valence-corrected chi connectivity index (χ0v) is 11.2. The summed E-state index contributed by atoms with van der Waals surface area (Å²) in [6.07, 6.45) is -4.21. The summed E-state index contributed by atoms with van der Waals surface area (Å²) in [5.74, 6) is 0. The van der Waals surface area contributed by atoms with Crippen molar-refractivity contribution in [1.29, 1.82) is 0 Å². The zero-order chi connectivity index (χ0) is 14.1. The molecular weight excluding hydrogens is 262 g/mol. The molecule has 2 aliphatic heterocycles. The van der Waals surface area contributed by atoms with Crippen LogP contribution in [0.1, 0.15) is 11.9 Å². The highest BCUT2D eigenvalue weighted by atomic mass is 16.7. The largest absolute Gasteiger partial charge is 0.387 e. The molecule has 0 aromatic heterocycles. The molecule has 0 amide bonds. The predicted molar refractivity (Wildman–Crippen MR) is 69.7 cm³/mol. The number of aliphatic hydroxyl groups excluding tert-OH is 2. The Morgan fingerprint density at radius 2 is 1.85 bits per heavy atom. The molecule has 6 atom stereocenters. The molecule has 2 heterocycles. The van der Waals surface area contributed by atoms with Gasteiger partial charge in [-0.2, -0.15) is 0 Å². The fourth-order valence-corrected chi connectivity index (χ4v) is 2.63. The molecule has 3 rings (SSSR count). The molecule has 1 aromatic carbocycles. The Hall–Kier alpha value is -1.02. The van der Waals surface area contributed by atoms with Crippen LogP contribution in [0.3, 0.4) is 0 Å². The number of benzene rings is 1. The molecule has 0 radical (unpaired) electrons. The van der Waals surface area contributed by atoms with E-state index in [9.17, 15) is 10.2 Å². The van der Waals surface area contributed by atoms with E-state index in [0.717, 1.165) is 5.56 Å². The predicted octanol–water partition coefficient (Wildman–Crippen LogP) is -0.233. The Bertz CT molecular complexity index is 440. The molecule has 2 aliphatic rings. The number of aliphatic hydroxyl groups is 2. The van der Waals surface area contributed by atoms with Gasteiger partial charge in [0.2, 0.25) is 0 Å². The number of ether oxygens (including phenoxy) is 3. The number of likely N-dealkylation sites (N-methyl/N-ethyl adjacent to an activating group) is 1. The molecule has 0 aliphatic carbocycles. The summed E-state index contributed by atoms with van der Waals surface area (Å²) >= 11 is 0. The van der Waals surface area contributed by atoms with Gasteiger partial charge in [-0.15, -0.1) is 0 Å². The maximum atomic E-state index is 10.2. The maximum Gasteiger partial charge on any atom is 0.184 e. The summed E-state index contributed by atoms with van der Waals surface area (Å²) < 4.78 is 17.0. The Kier molecular flexibility index (Phi) is 4.02. The number of rotatable bonds is 2. The van der Waals surface area contributed by atoms with Gasteiger partial charge in [0, 0.05) is 5.56 Å². The van der Waals surface area contributed by atoms with Crippen LogP contribution >= 0.6 is 0 Å². The molecule has 2 saturated heterocycles. The maximum absolute atomic E-state index is 10.2. The molecular formula is C14H19NO5. The molecule has 1 aromatic rings. The van der Waals surface area contributed by atoms with Gasteiger partial charge in [0.1, 0.15) is 30.6 Å². The second kappa shape index (κ2) is 5.77. The minimum Gasteiger partial charge on any atom is -0.387 e. The average molecular weight is 281 g/mol. The minimum atomic E-state index is -1.03. The first-order valence-electron chi connectivity index (χ1n) is 6.71. The van der Waals surface area contributed by atoms with Crippen LogP contribution < -0.4 is 5.32 Å². The van der Waals surface area contributed by atoms with Crippen LogP contribution in [-0.4, -0.2) is 54.5 Å². The Labute approximate surface area is 117 Å². The van der Waals surface area contributed by atoms with Gasteiger partial charge in [0.15, 0.2) is 6.29 Å². The van der Waals surface area contributed by atoms with Crippen LogP contribution in [0.15, 0.2) is 30.3 Å². The summed E-state index contributed by atoms with van der Waals surface area (Å²) in [6, 6.07) is 9.50. The molecule has 0 saturated carbocycles. The highest BCUT2D eigenvalue weighted by molar-refractivity contribution is 5.16. The average Bonchev–Trinajstić information content (AvgIpc) is 2.51. The second-order valence-corrected chi connectivity index (χ2v) is 5.04. The lowest BCUT2D eigenvalue weighted by Crippen LogP contribution is -2.64. The number of fused-ring (bicyclic) bond motifs is 1. The van der Waals surface area contributed by atoms with Gasteiger partial charge >= 0.3 is 0 Å². The fraction of sp³-hybridized carbons (Fsp3) is 0.571. The van der Waals surface area contributed by atoms with Crippen molar-refractivity contribution in [2.45, 2.75) is 36.9 Å². The Morgan fingerprint density at radius 1 is 1.10 bits per heavy atom. The normalized spacial score (nSPS) is 41.1. The first kappa shape index (κ1) is 13.9. The molecule has 6 heteroatoms. The van der Waals surface area contributed by atoms with Gasteiger partial charge in [-0.25, -0.2) is 0 Å². The second-order valence-electron chi connectivity index (χ2n) is 5.04. The van der Waals surface area contributed by atoms with Crippen molar-refractivity contribution < 1.29 is 24.4 Å². The topological polar surface area (TPSA) is 80.2 Å². The van der Waals surface area contributed by atoms with Crippen LogP contribution in [0, 0.1) is 0 Å². The number of hydrogen-bond acceptors (Lipinski definition) is 6. The summed E-state index contributed by atoms with van der Waals surface area (Å²) in [4.78, 5) is 0. The molecule has 110 valence electrons. The van der Waals surface area contributed by atoms with E-state index in [0.29, 0.717) is 6.61 Å². The van der Waals surface area contributed by atoms with Crippen LogP contribution in [0.2, 0.25) is 0 Å². The minimum absolute atomic E-state index is 0.312. The molecule has 6 nitrogen and oxygen atoms in total. The summed E-state index contributed by atoms with van der Waals surface area (Å²) in [6.45, 7) is 0.312. The van der Waals surface area contributed by atoms with E-state index in [1.165, 1.54) is 0 Å². The third-order valence-corrected chi connectivity index (χ3v) is 3.73. The molecule has 2 fully saturated rings. The van der Waals surface area contributed by atoms with Crippen molar-refractivity contribution >= 4 is 0 Å². The fourth-order valence-electron chi connectivity index (χ4n) is 2.63. The van der Waals surface area contributed by atoms with E-state index in [-0.39, 0.29) is 0 Å². The molecule has 0 spiro atoms. The van der Waals surface area contributed by atoms with Crippen LogP contribution in [0.4, 0.5) is 0 Å². The van der Waals surface area contributed by atoms with Crippen molar-refractivity contribution in [3.05, 3.63) is 35.9 Å². The first-order valence-corrected chi connectivity index (χ1v) is 6.71. The number of hydrogen-bond donors (Lipinski definition) is 3. The van der Waals surface area contributed by atoms with Crippen LogP contribution in [0.25, 0.3) is 0 Å². The molecule has 3 N–H and O–H groups in total. The summed E-state index contributed by atoms with van der Waals surface area (Å²) in [5, 5.41) is 23.0. The number of nitrogens with one attached hydrogen (secondary N) is 1. The van der Waals surface area contributed by atoms with Crippen molar-refractivity contribution in [3.63, 3.8) is 0 Å². The van der Waals surface area contributed by atoms with Crippen molar-refractivity contribution in [3.8, 4) is 0 Å².